The summed E-state index contributed by atoms with van der Waals surface area (Å²) in [5, 5.41) is 5.94. The molecule has 0 saturated carbocycles. The monoisotopic (exact) mass is 344 g/mol. The smallest absolute Gasteiger partial charge is 0.234 e. The fourth-order valence-electron chi connectivity index (χ4n) is 1.70. The highest BCUT2D eigenvalue weighted by molar-refractivity contribution is 9.10. The number of hydrogen-bond acceptors (Lipinski definition) is 4. The zero-order valence-electron chi connectivity index (χ0n) is 12.0. The van der Waals surface area contributed by atoms with E-state index in [9.17, 15) is 4.79 Å². The molecule has 0 aliphatic carbocycles. The molecule has 0 aliphatic rings. The number of carbonyl (C=O) groups excluding carboxylic acids is 1. The molecule has 0 aliphatic heterocycles. The van der Waals surface area contributed by atoms with E-state index in [-0.39, 0.29) is 18.5 Å². The first-order chi connectivity index (χ1) is 9.58. The summed E-state index contributed by atoms with van der Waals surface area (Å²) in [5.74, 6) is 0.731. The largest absolute Gasteiger partial charge is 0.496 e. The molecule has 20 heavy (non-hydrogen) atoms. The van der Waals surface area contributed by atoms with Gasteiger partial charge in [0.15, 0.2) is 0 Å². The molecule has 1 aromatic carbocycles. The first-order valence-corrected chi connectivity index (χ1v) is 7.20. The predicted molar refractivity (Wildman–Crippen MR) is 82.0 cm³/mol. The highest BCUT2D eigenvalue weighted by Crippen LogP contribution is 2.27. The van der Waals surface area contributed by atoms with Gasteiger partial charge in [0.1, 0.15) is 5.75 Å². The Kier molecular flexibility index (Phi) is 7.58. The van der Waals surface area contributed by atoms with Gasteiger partial charge < -0.3 is 20.1 Å². The summed E-state index contributed by atoms with van der Waals surface area (Å²) in [6.45, 7) is 3.48. The molecule has 0 spiro atoms. The van der Waals surface area contributed by atoms with Crippen LogP contribution in [0.4, 0.5) is 0 Å². The van der Waals surface area contributed by atoms with Gasteiger partial charge in [-0.3, -0.25) is 4.79 Å². The molecule has 1 rings (SSSR count). The van der Waals surface area contributed by atoms with Gasteiger partial charge >= 0.3 is 0 Å². The van der Waals surface area contributed by atoms with Crippen molar-refractivity contribution in [3.8, 4) is 5.75 Å². The fraction of sp³-hybridized carbons (Fsp3) is 0.500. The Bertz CT molecular complexity index is 440. The average Bonchev–Trinajstić information content (AvgIpc) is 2.43. The van der Waals surface area contributed by atoms with Crippen molar-refractivity contribution in [2.45, 2.75) is 13.0 Å². The highest BCUT2D eigenvalue weighted by Gasteiger charge is 2.11. The third-order valence-electron chi connectivity index (χ3n) is 2.82. The van der Waals surface area contributed by atoms with Crippen LogP contribution in [0.1, 0.15) is 18.5 Å². The first kappa shape index (κ1) is 16.9. The van der Waals surface area contributed by atoms with E-state index in [1.165, 1.54) is 0 Å². The van der Waals surface area contributed by atoms with Crippen LogP contribution in [-0.4, -0.2) is 39.8 Å². The van der Waals surface area contributed by atoms with Crippen LogP contribution >= 0.6 is 15.9 Å². The lowest BCUT2D eigenvalue weighted by atomic mass is 10.1. The number of hydrogen-bond donors (Lipinski definition) is 2. The molecule has 0 radical (unpaired) electrons. The molecular formula is C14H21BrN2O3. The molecule has 0 heterocycles. The topological polar surface area (TPSA) is 59.6 Å². The minimum absolute atomic E-state index is 0.0412. The Morgan fingerprint density at radius 3 is 2.75 bits per heavy atom. The molecule has 2 N–H and O–H groups in total. The van der Waals surface area contributed by atoms with Crippen molar-refractivity contribution in [2.75, 3.05) is 33.9 Å². The number of ether oxygens (including phenoxy) is 2. The molecule has 112 valence electrons. The second-order valence-electron chi connectivity index (χ2n) is 4.35. The van der Waals surface area contributed by atoms with E-state index in [1.54, 1.807) is 14.2 Å². The van der Waals surface area contributed by atoms with Crippen LogP contribution in [0.3, 0.4) is 0 Å². The second-order valence-corrected chi connectivity index (χ2v) is 5.21. The molecule has 5 nitrogen and oxygen atoms in total. The molecule has 0 fully saturated rings. The van der Waals surface area contributed by atoms with Gasteiger partial charge in [0, 0.05) is 13.7 Å². The summed E-state index contributed by atoms with van der Waals surface area (Å²) in [6, 6.07) is 5.70. The van der Waals surface area contributed by atoms with Crippen molar-refractivity contribution in [3.05, 3.63) is 28.2 Å². The summed E-state index contributed by atoms with van der Waals surface area (Å²) in [6.07, 6.45) is 0. The van der Waals surface area contributed by atoms with Crippen molar-refractivity contribution in [2.24, 2.45) is 0 Å². The minimum atomic E-state index is -0.0612. The lowest BCUT2D eigenvalue weighted by Crippen LogP contribution is -2.36. The Morgan fingerprint density at radius 1 is 1.40 bits per heavy atom. The molecule has 6 heteroatoms. The molecule has 1 atom stereocenters. The van der Waals surface area contributed by atoms with Crippen molar-refractivity contribution >= 4 is 21.8 Å². The Hall–Kier alpha value is -1.11. The Morgan fingerprint density at radius 2 is 2.15 bits per heavy atom. The van der Waals surface area contributed by atoms with E-state index in [1.807, 2.05) is 25.1 Å². The highest BCUT2D eigenvalue weighted by atomic mass is 79.9. The standard InChI is InChI=1S/C14H21BrN2O3/c1-10(17-14(18)9-16-6-7-19-2)11-4-5-13(20-3)12(15)8-11/h4-5,8,10,16H,6-7,9H2,1-3H3,(H,17,18). The van der Waals surface area contributed by atoms with Crippen LogP contribution in [0.15, 0.2) is 22.7 Å². The van der Waals surface area contributed by atoms with Gasteiger partial charge in [0.2, 0.25) is 5.91 Å². The lowest BCUT2D eigenvalue weighted by molar-refractivity contribution is -0.120. The quantitative estimate of drug-likeness (QED) is 0.707. The maximum absolute atomic E-state index is 11.7. The third kappa shape index (κ3) is 5.48. The summed E-state index contributed by atoms with van der Waals surface area (Å²) in [5.41, 5.74) is 1.02. The normalized spacial score (nSPS) is 12.0. The van der Waals surface area contributed by atoms with E-state index in [2.05, 4.69) is 26.6 Å². The Balaban J connectivity index is 2.47. The number of carbonyl (C=O) groups is 1. The number of amides is 1. The van der Waals surface area contributed by atoms with Gasteiger partial charge in [-0.2, -0.15) is 0 Å². The first-order valence-electron chi connectivity index (χ1n) is 6.41. The van der Waals surface area contributed by atoms with Crippen LogP contribution in [-0.2, 0) is 9.53 Å². The predicted octanol–water partition coefficient (Wildman–Crippen LogP) is 1.87. The van der Waals surface area contributed by atoms with Gasteiger partial charge in [-0.1, -0.05) is 6.07 Å². The van der Waals surface area contributed by atoms with Crippen LogP contribution in [0, 0.1) is 0 Å². The van der Waals surface area contributed by atoms with Crippen LogP contribution < -0.4 is 15.4 Å². The number of rotatable bonds is 8. The SMILES string of the molecule is COCCNCC(=O)NC(C)c1ccc(OC)c(Br)c1. The average molecular weight is 345 g/mol. The summed E-state index contributed by atoms with van der Waals surface area (Å²) < 4.78 is 11.0. The van der Waals surface area contributed by atoms with E-state index >= 15 is 0 Å². The zero-order chi connectivity index (χ0) is 15.0. The molecular weight excluding hydrogens is 324 g/mol. The number of halogens is 1. The van der Waals surface area contributed by atoms with Crippen molar-refractivity contribution < 1.29 is 14.3 Å². The second kappa shape index (κ2) is 8.94. The summed E-state index contributed by atoms with van der Waals surface area (Å²) >= 11 is 3.44. The van der Waals surface area contributed by atoms with E-state index in [0.717, 1.165) is 15.8 Å². The van der Waals surface area contributed by atoms with E-state index in [4.69, 9.17) is 9.47 Å². The third-order valence-corrected chi connectivity index (χ3v) is 3.44. The van der Waals surface area contributed by atoms with E-state index in [0.29, 0.717) is 13.2 Å². The molecule has 1 aromatic rings. The molecule has 0 bridgehead atoms. The Labute approximate surface area is 128 Å². The van der Waals surface area contributed by atoms with Gasteiger partial charge in [-0.15, -0.1) is 0 Å². The minimum Gasteiger partial charge on any atom is -0.496 e. The van der Waals surface area contributed by atoms with Crippen LogP contribution in [0.25, 0.3) is 0 Å². The van der Waals surface area contributed by atoms with Gasteiger partial charge in [0.05, 0.1) is 30.8 Å². The molecule has 1 amide bonds. The summed E-state index contributed by atoms with van der Waals surface area (Å²) in [7, 11) is 3.25. The molecule has 1 unspecified atom stereocenters. The maximum atomic E-state index is 11.7. The molecule has 0 aromatic heterocycles. The van der Waals surface area contributed by atoms with Crippen molar-refractivity contribution in [3.63, 3.8) is 0 Å². The van der Waals surface area contributed by atoms with Gasteiger partial charge in [-0.05, 0) is 40.5 Å². The fourth-order valence-corrected chi connectivity index (χ4v) is 2.26. The van der Waals surface area contributed by atoms with E-state index < -0.39 is 0 Å². The zero-order valence-corrected chi connectivity index (χ0v) is 13.6. The van der Waals surface area contributed by atoms with Crippen molar-refractivity contribution in [1.29, 1.82) is 0 Å². The van der Waals surface area contributed by atoms with Crippen LogP contribution in [0.2, 0.25) is 0 Å². The van der Waals surface area contributed by atoms with Gasteiger partial charge in [-0.25, -0.2) is 0 Å². The molecule has 0 saturated heterocycles. The summed E-state index contributed by atoms with van der Waals surface area (Å²) in [4.78, 5) is 11.7. The maximum Gasteiger partial charge on any atom is 0.234 e. The number of methoxy groups -OCH3 is 2. The van der Waals surface area contributed by atoms with Gasteiger partial charge in [0.25, 0.3) is 0 Å². The lowest BCUT2D eigenvalue weighted by Gasteiger charge is -2.16. The number of benzene rings is 1. The van der Waals surface area contributed by atoms with Crippen molar-refractivity contribution in [1.82, 2.24) is 10.6 Å². The van der Waals surface area contributed by atoms with Crippen LogP contribution in [0.5, 0.6) is 5.75 Å². The number of nitrogens with one attached hydrogen (secondary N) is 2.